The van der Waals surface area contributed by atoms with Crippen LogP contribution < -0.4 is 21.5 Å². The first-order valence-electron chi connectivity index (χ1n) is 10.0. The van der Waals surface area contributed by atoms with Crippen molar-refractivity contribution in [3.63, 3.8) is 0 Å². The quantitative estimate of drug-likeness (QED) is 0.614. The van der Waals surface area contributed by atoms with Crippen molar-refractivity contribution >= 4 is 28.4 Å². The lowest BCUT2D eigenvalue weighted by atomic mass is 10.1. The van der Waals surface area contributed by atoms with E-state index in [1.807, 2.05) is 4.90 Å². The van der Waals surface area contributed by atoms with Gasteiger partial charge in [-0.3, -0.25) is 18.7 Å². The Morgan fingerprint density at radius 3 is 2.52 bits per heavy atom. The Balaban J connectivity index is 1.67. The summed E-state index contributed by atoms with van der Waals surface area (Å²) in [5, 5.41) is 2.54. The van der Waals surface area contributed by atoms with Crippen LogP contribution in [-0.2, 0) is 36.3 Å². The van der Waals surface area contributed by atoms with Gasteiger partial charge in [0.05, 0.1) is 36.5 Å². The highest BCUT2D eigenvalue weighted by molar-refractivity contribution is 5.95. The number of ether oxygens (including phenoxy) is 1. The maximum atomic E-state index is 13.3. The van der Waals surface area contributed by atoms with Gasteiger partial charge in [-0.25, -0.2) is 9.78 Å². The molecule has 1 saturated heterocycles. The fourth-order valence-corrected chi connectivity index (χ4v) is 3.79. The van der Waals surface area contributed by atoms with Crippen LogP contribution in [0.5, 0.6) is 0 Å². The molecule has 3 heterocycles. The number of carbonyl (C=O) groups is 1. The average molecular weight is 466 g/mol. The summed E-state index contributed by atoms with van der Waals surface area (Å²) in [7, 11) is 2.75. The molecule has 0 unspecified atom stereocenters. The second-order valence-electron chi connectivity index (χ2n) is 7.63. The number of imidazole rings is 1. The first-order valence-corrected chi connectivity index (χ1v) is 10.0. The van der Waals surface area contributed by atoms with E-state index in [1.165, 1.54) is 35.6 Å². The number of alkyl halides is 3. The van der Waals surface area contributed by atoms with Crippen molar-refractivity contribution in [1.82, 2.24) is 18.7 Å². The van der Waals surface area contributed by atoms with E-state index < -0.39 is 28.9 Å². The van der Waals surface area contributed by atoms with Crippen molar-refractivity contribution in [2.45, 2.75) is 12.7 Å². The highest BCUT2D eigenvalue weighted by Crippen LogP contribution is 2.35. The van der Waals surface area contributed by atoms with Crippen LogP contribution in [0.3, 0.4) is 0 Å². The minimum atomic E-state index is -4.58. The SMILES string of the molecule is Cn1c(=O)c2ncn(CC(=O)Nc3cc(C(F)(F)F)ccc3N3CCOCC3)c2n(C)c1=O. The number of amides is 1. The molecule has 2 aromatic heterocycles. The molecule has 1 N–H and O–H groups in total. The molecule has 1 amide bonds. The third kappa shape index (κ3) is 4.23. The molecule has 0 atom stereocenters. The van der Waals surface area contributed by atoms with E-state index in [0.717, 1.165) is 16.7 Å². The Labute approximate surface area is 184 Å². The van der Waals surface area contributed by atoms with Gasteiger partial charge in [0.25, 0.3) is 5.56 Å². The zero-order valence-electron chi connectivity index (χ0n) is 17.8. The van der Waals surface area contributed by atoms with E-state index in [2.05, 4.69) is 10.3 Å². The van der Waals surface area contributed by atoms with Crippen molar-refractivity contribution in [2.75, 3.05) is 36.5 Å². The lowest BCUT2D eigenvalue weighted by molar-refractivity contribution is -0.137. The van der Waals surface area contributed by atoms with Crippen LogP contribution in [0.25, 0.3) is 11.2 Å². The van der Waals surface area contributed by atoms with Crippen LogP contribution in [0.4, 0.5) is 24.5 Å². The van der Waals surface area contributed by atoms with Crippen LogP contribution in [0.15, 0.2) is 34.1 Å². The van der Waals surface area contributed by atoms with Crippen LogP contribution in [0.2, 0.25) is 0 Å². The first kappa shape index (κ1) is 22.6. The minimum absolute atomic E-state index is 0.000439. The maximum Gasteiger partial charge on any atom is 0.416 e. The van der Waals surface area contributed by atoms with Crippen molar-refractivity contribution in [2.24, 2.45) is 14.1 Å². The van der Waals surface area contributed by atoms with Gasteiger partial charge in [-0.05, 0) is 18.2 Å². The topological polar surface area (TPSA) is 103 Å². The number of fused-ring (bicyclic) bond motifs is 1. The second-order valence-corrected chi connectivity index (χ2v) is 7.63. The van der Waals surface area contributed by atoms with Gasteiger partial charge < -0.3 is 19.5 Å². The van der Waals surface area contributed by atoms with E-state index >= 15 is 0 Å². The van der Waals surface area contributed by atoms with E-state index in [-0.39, 0.29) is 23.4 Å². The highest BCUT2D eigenvalue weighted by atomic mass is 19.4. The Morgan fingerprint density at radius 2 is 1.85 bits per heavy atom. The van der Waals surface area contributed by atoms with E-state index in [4.69, 9.17) is 4.74 Å². The van der Waals surface area contributed by atoms with Gasteiger partial charge >= 0.3 is 11.9 Å². The molecule has 1 fully saturated rings. The predicted molar refractivity (Wildman–Crippen MR) is 113 cm³/mol. The summed E-state index contributed by atoms with van der Waals surface area (Å²) in [6.45, 7) is 1.39. The second kappa shape index (κ2) is 8.39. The molecule has 0 aliphatic carbocycles. The molecule has 1 aliphatic rings. The van der Waals surface area contributed by atoms with Gasteiger partial charge in [0.15, 0.2) is 5.52 Å². The van der Waals surface area contributed by atoms with Gasteiger partial charge in [0.1, 0.15) is 12.2 Å². The molecule has 13 heteroatoms. The molecule has 0 bridgehead atoms. The number of hydrogen-bond donors (Lipinski definition) is 1. The van der Waals surface area contributed by atoms with E-state index in [1.54, 1.807) is 0 Å². The predicted octanol–water partition coefficient (Wildman–Crippen LogP) is 0.928. The number of aryl methyl sites for hydroxylation is 1. The average Bonchev–Trinajstić information content (AvgIpc) is 3.19. The molecular weight excluding hydrogens is 445 g/mol. The summed E-state index contributed by atoms with van der Waals surface area (Å²) in [5.41, 5.74) is -1.52. The number of carbonyl (C=O) groups excluding carboxylic acids is 1. The molecule has 3 aromatic rings. The van der Waals surface area contributed by atoms with Crippen molar-refractivity contribution in [3.8, 4) is 0 Å². The summed E-state index contributed by atoms with van der Waals surface area (Å²) in [6, 6.07) is 3.18. The van der Waals surface area contributed by atoms with Crippen molar-refractivity contribution in [3.05, 3.63) is 50.9 Å². The fourth-order valence-electron chi connectivity index (χ4n) is 3.79. The van der Waals surface area contributed by atoms with Crippen LogP contribution >= 0.6 is 0 Å². The number of anilines is 2. The fraction of sp³-hybridized carbons (Fsp3) is 0.400. The molecule has 0 saturated carbocycles. The molecule has 176 valence electrons. The van der Waals surface area contributed by atoms with E-state index in [0.29, 0.717) is 32.0 Å². The normalized spacial score (nSPS) is 14.6. The highest BCUT2D eigenvalue weighted by Gasteiger charge is 2.32. The summed E-state index contributed by atoms with van der Waals surface area (Å²) < 4.78 is 48.5. The van der Waals surface area contributed by atoms with Crippen LogP contribution in [0, 0.1) is 0 Å². The van der Waals surface area contributed by atoms with E-state index in [9.17, 15) is 27.6 Å². The molecule has 1 aromatic carbocycles. The first-order chi connectivity index (χ1) is 15.6. The third-order valence-corrected chi connectivity index (χ3v) is 5.47. The largest absolute Gasteiger partial charge is 0.416 e. The van der Waals surface area contributed by atoms with Crippen molar-refractivity contribution < 1.29 is 22.7 Å². The molecule has 1 aliphatic heterocycles. The number of rotatable bonds is 4. The van der Waals surface area contributed by atoms with Gasteiger partial charge in [-0.1, -0.05) is 0 Å². The Bertz CT molecular complexity index is 1330. The third-order valence-electron chi connectivity index (χ3n) is 5.47. The standard InChI is InChI=1S/C20H21F3N6O4/c1-26-17-16(18(31)27(2)19(26)32)24-11-29(17)10-15(30)25-13-9-12(20(21,22)23)3-4-14(13)28-5-7-33-8-6-28/h3-4,9,11H,5-8,10H2,1-2H3,(H,25,30). The molecule has 10 nitrogen and oxygen atoms in total. The lowest BCUT2D eigenvalue weighted by Gasteiger charge is -2.31. The van der Waals surface area contributed by atoms with Gasteiger partial charge in [0.2, 0.25) is 5.91 Å². The summed E-state index contributed by atoms with van der Waals surface area (Å²) in [5.74, 6) is -0.642. The number of benzene rings is 1. The number of nitrogens with one attached hydrogen (secondary N) is 1. The monoisotopic (exact) mass is 466 g/mol. The molecule has 33 heavy (non-hydrogen) atoms. The zero-order chi connectivity index (χ0) is 23.9. The summed E-state index contributed by atoms with van der Waals surface area (Å²) >= 11 is 0. The smallest absolute Gasteiger partial charge is 0.378 e. The molecular formula is C20H21F3N6O4. The van der Waals surface area contributed by atoms with Gasteiger partial charge in [0, 0.05) is 27.2 Å². The summed E-state index contributed by atoms with van der Waals surface area (Å²) in [6.07, 6.45) is -3.35. The number of hydrogen-bond acceptors (Lipinski definition) is 6. The minimum Gasteiger partial charge on any atom is -0.378 e. The Morgan fingerprint density at radius 1 is 1.15 bits per heavy atom. The zero-order valence-corrected chi connectivity index (χ0v) is 17.8. The number of morpholine rings is 1. The van der Waals surface area contributed by atoms with Crippen molar-refractivity contribution in [1.29, 1.82) is 0 Å². The van der Waals surface area contributed by atoms with Gasteiger partial charge in [-0.2, -0.15) is 13.2 Å². The number of halogens is 3. The molecule has 4 rings (SSSR count). The Hall–Kier alpha value is -3.61. The molecule has 0 spiro atoms. The van der Waals surface area contributed by atoms with Gasteiger partial charge in [-0.15, -0.1) is 0 Å². The van der Waals surface area contributed by atoms with Crippen LogP contribution in [-0.4, -0.2) is 50.9 Å². The lowest BCUT2D eigenvalue weighted by Crippen LogP contribution is -2.38. The maximum absolute atomic E-state index is 13.3. The molecule has 0 radical (unpaired) electrons. The van der Waals surface area contributed by atoms with Crippen LogP contribution in [0.1, 0.15) is 5.56 Å². The Kier molecular flexibility index (Phi) is 5.74. The summed E-state index contributed by atoms with van der Waals surface area (Å²) in [4.78, 5) is 43.2. The number of nitrogens with zero attached hydrogens (tertiary/aromatic N) is 5. The number of aromatic nitrogens is 4.